The van der Waals surface area contributed by atoms with Gasteiger partial charge >= 0.3 is 0 Å². The van der Waals surface area contributed by atoms with Crippen molar-refractivity contribution in [1.82, 2.24) is 4.98 Å². The number of aromatic nitrogens is 1. The van der Waals surface area contributed by atoms with Gasteiger partial charge in [0.15, 0.2) is 5.13 Å². The molecule has 1 heterocycles. The summed E-state index contributed by atoms with van der Waals surface area (Å²) < 4.78 is 0. The zero-order valence-electron chi connectivity index (χ0n) is 16.4. The second-order valence-corrected chi connectivity index (χ2v) is 8.89. The van der Waals surface area contributed by atoms with Gasteiger partial charge in [0.05, 0.1) is 11.6 Å². The number of benzene rings is 1. The Morgan fingerprint density at radius 2 is 1.82 bits per heavy atom. The Hall–Kier alpha value is -2.47. The van der Waals surface area contributed by atoms with Gasteiger partial charge in [-0.15, -0.1) is 11.3 Å². The second kappa shape index (κ2) is 8.69. The molecule has 0 bridgehead atoms. The summed E-state index contributed by atoms with van der Waals surface area (Å²) in [5.74, 6) is -2.31. The molecule has 1 amide bonds. The lowest BCUT2D eigenvalue weighted by atomic mass is 9.82. The van der Waals surface area contributed by atoms with E-state index in [0.29, 0.717) is 23.9 Å². The number of aliphatic carboxylic acids is 1. The number of thiazole rings is 1. The zero-order chi connectivity index (χ0) is 20.3. The highest BCUT2D eigenvalue weighted by atomic mass is 32.1. The van der Waals surface area contributed by atoms with E-state index in [1.807, 2.05) is 13.0 Å². The summed E-state index contributed by atoms with van der Waals surface area (Å²) in [4.78, 5) is 29.5. The topological polar surface area (TPSA) is 82.1 Å². The zero-order valence-corrected chi connectivity index (χ0v) is 17.2. The summed E-state index contributed by atoms with van der Waals surface area (Å²) in [6.45, 7) is 6.36. The third-order valence-corrected chi connectivity index (χ3v) is 5.86. The molecule has 0 aliphatic heterocycles. The first kappa shape index (κ1) is 20.3. The molecule has 0 unspecified atom stereocenters. The molecule has 1 aromatic carbocycles. The van der Waals surface area contributed by atoms with E-state index in [4.69, 9.17) is 0 Å². The van der Waals surface area contributed by atoms with Gasteiger partial charge in [0.1, 0.15) is 0 Å². The molecular weight excluding hydrogens is 372 g/mol. The number of hydrogen-bond donors (Lipinski definition) is 1. The number of allylic oxidation sites excluding steroid dienone is 2. The molecule has 1 aliphatic rings. The number of anilines is 1. The number of carbonyl (C=O) groups excluding carboxylic acids is 2. The van der Waals surface area contributed by atoms with E-state index in [2.05, 4.69) is 48.4 Å². The van der Waals surface area contributed by atoms with Crippen LogP contribution in [0.5, 0.6) is 0 Å². The normalized spacial score (nSPS) is 19.0. The molecule has 2 aromatic rings. The van der Waals surface area contributed by atoms with E-state index >= 15 is 0 Å². The van der Waals surface area contributed by atoms with Crippen molar-refractivity contribution in [3.8, 4) is 11.3 Å². The highest BCUT2D eigenvalue weighted by Gasteiger charge is 2.30. The molecule has 1 N–H and O–H groups in total. The van der Waals surface area contributed by atoms with Crippen molar-refractivity contribution < 1.29 is 14.7 Å². The molecule has 6 heteroatoms. The average molecular weight is 398 g/mol. The van der Waals surface area contributed by atoms with Crippen molar-refractivity contribution in [3.63, 3.8) is 0 Å². The highest BCUT2D eigenvalue weighted by Crippen LogP contribution is 2.32. The number of nitrogens with zero attached hydrogens (tertiary/aromatic N) is 1. The fraction of sp³-hybridized carbons (Fsp3) is 0.409. The standard InChI is InChI=1S/C22H26N2O3S/c1-13(2)12-15-8-10-16(11-9-15)19-14(3)28-22(23-19)24-20(25)17-6-4-5-7-18(17)21(26)27/h4-5,8-11,13,17-18H,6-7,12H2,1-3H3,(H,26,27)(H,23,24,25)/p-1/t17-,18-/m1/s1. The summed E-state index contributed by atoms with van der Waals surface area (Å²) >= 11 is 1.40. The van der Waals surface area contributed by atoms with E-state index in [1.54, 1.807) is 6.08 Å². The van der Waals surface area contributed by atoms with Crippen LogP contribution in [0.25, 0.3) is 11.3 Å². The van der Waals surface area contributed by atoms with Crippen LogP contribution in [0.15, 0.2) is 36.4 Å². The van der Waals surface area contributed by atoms with Crippen molar-refractivity contribution in [2.24, 2.45) is 17.8 Å². The smallest absolute Gasteiger partial charge is 0.230 e. The number of carboxylic acid groups (broad SMARTS) is 1. The minimum atomic E-state index is -1.18. The minimum absolute atomic E-state index is 0.314. The van der Waals surface area contributed by atoms with Gasteiger partial charge in [-0.05, 0) is 37.7 Å². The lowest BCUT2D eigenvalue weighted by Gasteiger charge is -2.27. The Morgan fingerprint density at radius 3 is 2.43 bits per heavy atom. The SMILES string of the molecule is Cc1sc(NC(=O)[C@@H]2CC=CC[C@H]2C(=O)[O-])nc1-c1ccc(CC(C)C)cc1. The first-order valence-corrected chi connectivity index (χ1v) is 10.4. The van der Waals surface area contributed by atoms with Crippen LogP contribution in [0.2, 0.25) is 0 Å². The van der Waals surface area contributed by atoms with Gasteiger partial charge in [-0.2, -0.15) is 0 Å². The number of nitrogens with one attached hydrogen (secondary N) is 1. The summed E-state index contributed by atoms with van der Waals surface area (Å²) in [7, 11) is 0. The molecule has 5 nitrogen and oxygen atoms in total. The molecule has 0 radical (unpaired) electrons. The molecule has 3 rings (SSSR count). The van der Waals surface area contributed by atoms with E-state index in [1.165, 1.54) is 16.9 Å². The van der Waals surface area contributed by atoms with E-state index in [0.717, 1.165) is 22.6 Å². The van der Waals surface area contributed by atoms with Crippen LogP contribution in [0.4, 0.5) is 5.13 Å². The summed E-state index contributed by atoms with van der Waals surface area (Å²) in [6.07, 6.45) is 5.40. The number of aryl methyl sites for hydroxylation is 1. The van der Waals surface area contributed by atoms with Crippen molar-refractivity contribution in [2.45, 2.75) is 40.0 Å². The Balaban J connectivity index is 1.74. The van der Waals surface area contributed by atoms with Crippen LogP contribution in [0, 0.1) is 24.7 Å². The lowest BCUT2D eigenvalue weighted by molar-refractivity contribution is -0.313. The van der Waals surface area contributed by atoms with Gasteiger partial charge in [-0.25, -0.2) is 4.98 Å². The third kappa shape index (κ3) is 4.68. The fourth-order valence-corrected chi connectivity index (χ4v) is 4.39. The predicted molar refractivity (Wildman–Crippen MR) is 110 cm³/mol. The molecule has 148 valence electrons. The fourth-order valence-electron chi connectivity index (χ4n) is 3.55. The number of carbonyl (C=O) groups is 2. The molecule has 0 spiro atoms. The van der Waals surface area contributed by atoms with Crippen molar-refractivity contribution in [2.75, 3.05) is 5.32 Å². The third-order valence-electron chi connectivity index (χ3n) is 4.97. The molecule has 1 aromatic heterocycles. The van der Waals surface area contributed by atoms with E-state index < -0.39 is 17.8 Å². The maximum atomic E-state index is 12.6. The second-order valence-electron chi connectivity index (χ2n) is 7.68. The number of hydrogen-bond acceptors (Lipinski definition) is 5. The van der Waals surface area contributed by atoms with Crippen LogP contribution in [-0.4, -0.2) is 16.9 Å². The van der Waals surface area contributed by atoms with Crippen LogP contribution in [-0.2, 0) is 16.0 Å². The lowest BCUT2D eigenvalue weighted by Crippen LogP contribution is -2.41. The first-order chi connectivity index (χ1) is 13.3. The minimum Gasteiger partial charge on any atom is -0.550 e. The molecule has 2 atom stereocenters. The number of amides is 1. The summed E-state index contributed by atoms with van der Waals surface area (Å²) in [5, 5.41) is 14.6. The van der Waals surface area contributed by atoms with Gasteiger partial charge in [0.2, 0.25) is 5.91 Å². The molecule has 0 saturated carbocycles. The molecule has 1 aliphatic carbocycles. The van der Waals surface area contributed by atoms with Crippen LogP contribution in [0.3, 0.4) is 0 Å². The van der Waals surface area contributed by atoms with Gasteiger partial charge in [0, 0.05) is 22.3 Å². The Kier molecular flexibility index (Phi) is 6.29. The highest BCUT2D eigenvalue weighted by molar-refractivity contribution is 7.16. The molecule has 0 fully saturated rings. The summed E-state index contributed by atoms with van der Waals surface area (Å²) in [5.41, 5.74) is 3.14. The van der Waals surface area contributed by atoms with Crippen molar-refractivity contribution in [1.29, 1.82) is 0 Å². The van der Waals surface area contributed by atoms with Gasteiger partial charge in [-0.1, -0.05) is 50.3 Å². The Labute approximate surface area is 169 Å². The average Bonchev–Trinajstić information content (AvgIpc) is 3.02. The van der Waals surface area contributed by atoms with Crippen molar-refractivity contribution >= 4 is 28.3 Å². The Bertz CT molecular complexity index is 884. The largest absolute Gasteiger partial charge is 0.550 e. The van der Waals surface area contributed by atoms with E-state index in [9.17, 15) is 14.7 Å². The summed E-state index contributed by atoms with van der Waals surface area (Å²) in [6, 6.07) is 8.35. The molecular formula is C22H25N2O3S-. The van der Waals surface area contributed by atoms with Gasteiger partial charge in [-0.3, -0.25) is 4.79 Å². The Morgan fingerprint density at radius 1 is 1.18 bits per heavy atom. The van der Waals surface area contributed by atoms with Gasteiger partial charge < -0.3 is 15.2 Å². The van der Waals surface area contributed by atoms with E-state index in [-0.39, 0.29) is 5.91 Å². The molecule has 0 saturated heterocycles. The first-order valence-electron chi connectivity index (χ1n) is 9.58. The van der Waals surface area contributed by atoms with Gasteiger partial charge in [0.25, 0.3) is 0 Å². The van der Waals surface area contributed by atoms with Crippen molar-refractivity contribution in [3.05, 3.63) is 46.9 Å². The monoisotopic (exact) mass is 397 g/mol. The van der Waals surface area contributed by atoms with Crippen LogP contribution < -0.4 is 10.4 Å². The predicted octanol–water partition coefficient (Wildman–Crippen LogP) is 3.59. The number of carboxylic acids is 1. The van der Waals surface area contributed by atoms with Crippen LogP contribution in [0.1, 0.15) is 37.1 Å². The maximum absolute atomic E-state index is 12.6. The number of rotatable bonds is 6. The quantitative estimate of drug-likeness (QED) is 0.755. The maximum Gasteiger partial charge on any atom is 0.230 e. The molecule has 28 heavy (non-hydrogen) atoms. The van der Waals surface area contributed by atoms with Crippen LogP contribution >= 0.6 is 11.3 Å².